The van der Waals surface area contributed by atoms with Gasteiger partial charge in [-0.1, -0.05) is 0 Å². The molecule has 0 spiro atoms. The van der Waals surface area contributed by atoms with Crippen LogP contribution >= 0.6 is 27.3 Å². The third-order valence-electron chi connectivity index (χ3n) is 2.64. The number of rotatable bonds is 4. The minimum atomic E-state index is 0.0272. The quantitative estimate of drug-likeness (QED) is 0.930. The first-order valence-electron chi connectivity index (χ1n) is 5.47. The van der Waals surface area contributed by atoms with Crippen molar-refractivity contribution < 1.29 is 9.47 Å². The summed E-state index contributed by atoms with van der Waals surface area (Å²) in [5.74, 6) is 0. The summed E-state index contributed by atoms with van der Waals surface area (Å²) in [6, 6.07) is 2.08. The monoisotopic (exact) mass is 305 g/mol. The Hall–Kier alpha value is 0.0600. The molecule has 0 radical (unpaired) electrons. The molecule has 0 aliphatic carbocycles. The predicted molar refractivity (Wildman–Crippen MR) is 68.7 cm³/mol. The van der Waals surface area contributed by atoms with Crippen LogP contribution in [-0.2, 0) is 9.47 Å². The Morgan fingerprint density at radius 1 is 1.56 bits per heavy atom. The number of hydrogen-bond acceptors (Lipinski definition) is 4. The maximum absolute atomic E-state index is 6.02. The highest BCUT2D eigenvalue weighted by Crippen LogP contribution is 2.29. The van der Waals surface area contributed by atoms with Gasteiger partial charge in [0.2, 0.25) is 0 Å². The van der Waals surface area contributed by atoms with Gasteiger partial charge < -0.3 is 15.2 Å². The van der Waals surface area contributed by atoms with Gasteiger partial charge in [-0.3, -0.25) is 0 Å². The highest BCUT2D eigenvalue weighted by atomic mass is 79.9. The maximum atomic E-state index is 6.02. The van der Waals surface area contributed by atoms with Crippen molar-refractivity contribution in [3.8, 4) is 0 Å². The third kappa shape index (κ3) is 3.28. The Morgan fingerprint density at radius 3 is 2.88 bits per heavy atom. The lowest BCUT2D eigenvalue weighted by molar-refractivity contribution is -0.0654. The van der Waals surface area contributed by atoms with Gasteiger partial charge >= 0.3 is 0 Å². The zero-order valence-electron chi connectivity index (χ0n) is 9.02. The van der Waals surface area contributed by atoms with Crippen LogP contribution in [0.1, 0.15) is 23.8 Å². The van der Waals surface area contributed by atoms with E-state index in [4.69, 9.17) is 15.2 Å². The first kappa shape index (κ1) is 12.5. The molecule has 1 fully saturated rings. The molecule has 1 saturated heterocycles. The summed E-state index contributed by atoms with van der Waals surface area (Å²) < 4.78 is 12.4. The Labute approximate surface area is 108 Å². The molecular formula is C11H16BrNO2S. The van der Waals surface area contributed by atoms with Gasteiger partial charge in [-0.05, 0) is 34.8 Å². The minimum absolute atomic E-state index is 0.0272. The van der Waals surface area contributed by atoms with Gasteiger partial charge in [0.25, 0.3) is 0 Å². The molecule has 2 heterocycles. The van der Waals surface area contributed by atoms with E-state index in [1.807, 2.05) is 0 Å². The molecule has 90 valence electrons. The van der Waals surface area contributed by atoms with Crippen molar-refractivity contribution in [3.05, 3.63) is 20.8 Å². The molecule has 1 atom stereocenters. The van der Waals surface area contributed by atoms with Gasteiger partial charge in [-0.25, -0.2) is 0 Å². The van der Waals surface area contributed by atoms with E-state index in [-0.39, 0.29) is 6.10 Å². The van der Waals surface area contributed by atoms with Crippen LogP contribution in [0.25, 0.3) is 0 Å². The van der Waals surface area contributed by atoms with E-state index < -0.39 is 0 Å². The molecule has 0 bridgehead atoms. The maximum Gasteiger partial charge on any atom is 0.104 e. The Bertz CT molecular complexity index is 326. The first-order valence-corrected chi connectivity index (χ1v) is 7.14. The SMILES string of the molecule is NCC(OC1CCOCC1)c1cc(Br)cs1. The number of halogens is 1. The molecule has 1 aromatic rings. The molecule has 5 heteroatoms. The van der Waals surface area contributed by atoms with E-state index in [1.54, 1.807) is 11.3 Å². The molecule has 2 rings (SSSR count). The summed E-state index contributed by atoms with van der Waals surface area (Å²) in [6.45, 7) is 2.14. The second kappa shape index (κ2) is 6.12. The van der Waals surface area contributed by atoms with E-state index in [1.165, 1.54) is 4.88 Å². The van der Waals surface area contributed by atoms with Crippen LogP contribution in [0.3, 0.4) is 0 Å². The number of nitrogens with two attached hydrogens (primary N) is 1. The lowest BCUT2D eigenvalue weighted by Crippen LogP contribution is -2.27. The van der Waals surface area contributed by atoms with Gasteiger partial charge in [-0.2, -0.15) is 0 Å². The Morgan fingerprint density at radius 2 is 2.31 bits per heavy atom. The van der Waals surface area contributed by atoms with Crippen molar-refractivity contribution in [2.24, 2.45) is 5.73 Å². The Balaban J connectivity index is 1.94. The normalized spacial score (nSPS) is 19.9. The molecule has 0 saturated carbocycles. The summed E-state index contributed by atoms with van der Waals surface area (Å²) in [4.78, 5) is 1.20. The standard InChI is InChI=1S/C11H16BrNO2S/c12-8-5-11(16-7-8)10(6-13)15-9-1-3-14-4-2-9/h5,7,9-10H,1-4,6,13H2. The predicted octanol–water partition coefficient (Wildman–Crippen LogP) is 2.71. The highest BCUT2D eigenvalue weighted by Gasteiger charge is 2.20. The van der Waals surface area contributed by atoms with Crippen molar-refractivity contribution in [2.45, 2.75) is 25.0 Å². The highest BCUT2D eigenvalue weighted by molar-refractivity contribution is 9.10. The van der Waals surface area contributed by atoms with Crippen LogP contribution < -0.4 is 5.73 Å². The molecule has 16 heavy (non-hydrogen) atoms. The van der Waals surface area contributed by atoms with Crippen molar-refractivity contribution in [2.75, 3.05) is 19.8 Å². The van der Waals surface area contributed by atoms with Gasteiger partial charge in [0.05, 0.1) is 6.10 Å². The van der Waals surface area contributed by atoms with E-state index in [0.717, 1.165) is 30.5 Å². The van der Waals surface area contributed by atoms with E-state index in [2.05, 4.69) is 27.4 Å². The fraction of sp³-hybridized carbons (Fsp3) is 0.636. The van der Waals surface area contributed by atoms with Gasteiger partial charge in [-0.15, -0.1) is 11.3 Å². The van der Waals surface area contributed by atoms with Crippen LogP contribution in [0.2, 0.25) is 0 Å². The van der Waals surface area contributed by atoms with Crippen molar-refractivity contribution in [1.82, 2.24) is 0 Å². The first-order chi connectivity index (χ1) is 7.79. The van der Waals surface area contributed by atoms with Crippen LogP contribution in [0, 0.1) is 0 Å². The lowest BCUT2D eigenvalue weighted by atomic mass is 10.1. The average molecular weight is 306 g/mol. The smallest absolute Gasteiger partial charge is 0.104 e. The van der Waals surface area contributed by atoms with E-state index >= 15 is 0 Å². The van der Waals surface area contributed by atoms with Crippen molar-refractivity contribution >= 4 is 27.3 Å². The lowest BCUT2D eigenvalue weighted by Gasteiger charge is -2.26. The molecule has 1 aromatic heterocycles. The molecule has 0 aromatic carbocycles. The van der Waals surface area contributed by atoms with Crippen molar-refractivity contribution in [3.63, 3.8) is 0 Å². The summed E-state index contributed by atoms with van der Waals surface area (Å²) in [5.41, 5.74) is 5.77. The summed E-state index contributed by atoms with van der Waals surface area (Å²) in [7, 11) is 0. The zero-order valence-corrected chi connectivity index (χ0v) is 11.4. The molecule has 1 unspecified atom stereocenters. The van der Waals surface area contributed by atoms with Gasteiger partial charge in [0.1, 0.15) is 6.10 Å². The summed E-state index contributed by atoms with van der Waals surface area (Å²) in [5, 5.41) is 2.06. The zero-order chi connectivity index (χ0) is 11.4. The molecule has 1 aliphatic rings. The second-order valence-corrected chi connectivity index (χ2v) is 5.70. The molecule has 3 nitrogen and oxygen atoms in total. The fourth-order valence-corrected chi connectivity index (χ4v) is 3.27. The summed E-state index contributed by atoms with van der Waals surface area (Å²) in [6.07, 6.45) is 2.27. The minimum Gasteiger partial charge on any atom is -0.381 e. The Kier molecular flexibility index (Phi) is 4.79. The second-order valence-electron chi connectivity index (χ2n) is 3.84. The molecular weight excluding hydrogens is 290 g/mol. The number of hydrogen-bond donors (Lipinski definition) is 1. The topological polar surface area (TPSA) is 44.5 Å². The largest absolute Gasteiger partial charge is 0.381 e. The van der Waals surface area contributed by atoms with E-state index in [0.29, 0.717) is 12.6 Å². The van der Waals surface area contributed by atoms with E-state index in [9.17, 15) is 0 Å². The van der Waals surface area contributed by atoms with Crippen LogP contribution in [-0.4, -0.2) is 25.9 Å². The molecule has 0 amide bonds. The van der Waals surface area contributed by atoms with Crippen LogP contribution in [0.15, 0.2) is 15.9 Å². The van der Waals surface area contributed by atoms with Crippen LogP contribution in [0.5, 0.6) is 0 Å². The summed E-state index contributed by atoms with van der Waals surface area (Å²) >= 11 is 5.14. The van der Waals surface area contributed by atoms with Gasteiger partial charge in [0, 0.05) is 34.5 Å². The fourth-order valence-electron chi connectivity index (χ4n) is 1.78. The van der Waals surface area contributed by atoms with Gasteiger partial charge in [0.15, 0.2) is 0 Å². The third-order valence-corrected chi connectivity index (χ3v) is 4.43. The number of thiophene rings is 1. The van der Waals surface area contributed by atoms with Crippen LogP contribution in [0.4, 0.5) is 0 Å². The average Bonchev–Trinajstić information content (AvgIpc) is 2.74. The van der Waals surface area contributed by atoms with Crippen molar-refractivity contribution in [1.29, 1.82) is 0 Å². The molecule has 1 aliphatic heterocycles. The number of ether oxygens (including phenoxy) is 2. The molecule has 2 N–H and O–H groups in total.